The summed E-state index contributed by atoms with van der Waals surface area (Å²) in [5.74, 6) is 0. The van der Waals surface area contributed by atoms with Gasteiger partial charge in [-0.1, -0.05) is 6.07 Å². The third-order valence-corrected chi connectivity index (χ3v) is 1.55. The number of hydrogen-bond acceptors (Lipinski definition) is 1. The maximum atomic E-state index is 3.73. The van der Waals surface area contributed by atoms with Crippen molar-refractivity contribution in [3.05, 3.63) is 36.2 Å². The number of benzene rings is 1. The van der Waals surface area contributed by atoms with Crippen LogP contribution in [0, 0.1) is 20.8 Å². The molecule has 0 bridgehead atoms. The third-order valence-electron chi connectivity index (χ3n) is 1.55. The van der Waals surface area contributed by atoms with E-state index in [4.69, 9.17) is 0 Å². The maximum absolute atomic E-state index is 3.73. The maximum Gasteiger partial charge on any atom is 0.0345 e. The first kappa shape index (κ1) is 8.12. The number of nitrogens with one attached hydrogen (secondary N) is 1. The lowest BCUT2D eigenvalue weighted by molar-refractivity contribution is 1.30. The van der Waals surface area contributed by atoms with E-state index in [-0.39, 0.29) is 0 Å². The molecule has 1 heteroatoms. The SMILES string of the molecule is [CH2]CNc1cc(C)cc(C)c1. The molecule has 1 N–H and O–H groups in total. The van der Waals surface area contributed by atoms with Crippen molar-refractivity contribution in [1.29, 1.82) is 0 Å². The highest BCUT2D eigenvalue weighted by molar-refractivity contribution is 5.48. The fourth-order valence-electron chi connectivity index (χ4n) is 1.22. The molecule has 1 aromatic rings. The van der Waals surface area contributed by atoms with Crippen molar-refractivity contribution in [2.75, 3.05) is 11.9 Å². The Hall–Kier alpha value is -0.980. The lowest BCUT2D eigenvalue weighted by Crippen LogP contribution is -1.97. The van der Waals surface area contributed by atoms with Crippen molar-refractivity contribution in [2.24, 2.45) is 0 Å². The molecule has 11 heavy (non-hydrogen) atoms. The quantitative estimate of drug-likeness (QED) is 0.679. The molecule has 0 amide bonds. The van der Waals surface area contributed by atoms with Crippen molar-refractivity contribution in [1.82, 2.24) is 0 Å². The zero-order chi connectivity index (χ0) is 8.27. The lowest BCUT2D eigenvalue weighted by Gasteiger charge is -2.05. The standard InChI is InChI=1S/C10H14N/c1-4-11-10-6-8(2)5-9(3)7-10/h5-7,11H,1,4H2,2-3H3. The molecule has 1 nitrogen and oxygen atoms in total. The molecule has 59 valence electrons. The van der Waals surface area contributed by atoms with E-state index in [0.717, 1.165) is 12.2 Å². The van der Waals surface area contributed by atoms with Gasteiger partial charge >= 0.3 is 0 Å². The van der Waals surface area contributed by atoms with Gasteiger partial charge in [0.25, 0.3) is 0 Å². The average molecular weight is 148 g/mol. The molecular weight excluding hydrogens is 134 g/mol. The van der Waals surface area contributed by atoms with Crippen LogP contribution in [0.25, 0.3) is 0 Å². The Labute approximate surface area is 68.4 Å². The zero-order valence-electron chi connectivity index (χ0n) is 7.15. The normalized spacial score (nSPS) is 9.73. The van der Waals surface area contributed by atoms with E-state index in [1.165, 1.54) is 11.1 Å². The van der Waals surface area contributed by atoms with Gasteiger partial charge in [0, 0.05) is 12.2 Å². The van der Waals surface area contributed by atoms with Crippen LogP contribution in [0.5, 0.6) is 0 Å². The highest BCUT2D eigenvalue weighted by Gasteiger charge is 1.92. The summed E-state index contributed by atoms with van der Waals surface area (Å²) in [6, 6.07) is 6.41. The van der Waals surface area contributed by atoms with Crippen LogP contribution in [0.15, 0.2) is 18.2 Å². The van der Waals surface area contributed by atoms with Crippen molar-refractivity contribution >= 4 is 5.69 Å². The Morgan fingerprint density at radius 3 is 2.18 bits per heavy atom. The van der Waals surface area contributed by atoms with Gasteiger partial charge in [-0.15, -0.1) is 0 Å². The molecule has 0 aliphatic heterocycles. The van der Waals surface area contributed by atoms with Gasteiger partial charge in [0.1, 0.15) is 0 Å². The predicted octanol–water partition coefficient (Wildman–Crippen LogP) is 2.55. The summed E-state index contributed by atoms with van der Waals surface area (Å²) in [6.45, 7) is 8.67. The molecule has 0 saturated heterocycles. The molecule has 0 atom stereocenters. The molecular formula is C10H14N. The van der Waals surface area contributed by atoms with Crippen molar-refractivity contribution in [2.45, 2.75) is 13.8 Å². The van der Waals surface area contributed by atoms with E-state index >= 15 is 0 Å². The minimum Gasteiger partial charge on any atom is -0.385 e. The highest BCUT2D eigenvalue weighted by Crippen LogP contribution is 2.12. The molecule has 1 aromatic carbocycles. The first-order valence-corrected chi connectivity index (χ1v) is 3.84. The summed E-state index contributed by atoms with van der Waals surface area (Å²) in [5.41, 5.74) is 3.75. The van der Waals surface area contributed by atoms with Crippen molar-refractivity contribution < 1.29 is 0 Å². The van der Waals surface area contributed by atoms with E-state index in [1.807, 2.05) is 0 Å². The summed E-state index contributed by atoms with van der Waals surface area (Å²) in [6.07, 6.45) is 0. The van der Waals surface area contributed by atoms with E-state index < -0.39 is 0 Å². The number of aryl methyl sites for hydroxylation is 2. The largest absolute Gasteiger partial charge is 0.385 e. The van der Waals surface area contributed by atoms with E-state index in [0.29, 0.717) is 0 Å². The third kappa shape index (κ3) is 2.26. The first-order valence-electron chi connectivity index (χ1n) is 3.84. The van der Waals surface area contributed by atoms with Gasteiger partial charge in [-0.2, -0.15) is 0 Å². The second-order valence-corrected chi connectivity index (χ2v) is 2.80. The Morgan fingerprint density at radius 2 is 1.73 bits per heavy atom. The molecule has 0 aliphatic rings. The van der Waals surface area contributed by atoms with E-state index in [9.17, 15) is 0 Å². The van der Waals surface area contributed by atoms with Gasteiger partial charge in [-0.25, -0.2) is 0 Å². The molecule has 0 spiro atoms. The summed E-state index contributed by atoms with van der Waals surface area (Å²) in [7, 11) is 0. The lowest BCUT2D eigenvalue weighted by atomic mass is 10.1. The second-order valence-electron chi connectivity index (χ2n) is 2.80. The second kappa shape index (κ2) is 3.42. The Kier molecular flexibility index (Phi) is 2.53. The molecule has 1 rings (SSSR count). The van der Waals surface area contributed by atoms with Gasteiger partial charge in [0.2, 0.25) is 0 Å². The van der Waals surface area contributed by atoms with Gasteiger partial charge in [0.05, 0.1) is 0 Å². The van der Waals surface area contributed by atoms with Crippen LogP contribution < -0.4 is 5.32 Å². The fourth-order valence-corrected chi connectivity index (χ4v) is 1.22. The van der Waals surface area contributed by atoms with Crippen molar-refractivity contribution in [3.63, 3.8) is 0 Å². The van der Waals surface area contributed by atoms with Gasteiger partial charge in [-0.3, -0.25) is 0 Å². The molecule has 0 fully saturated rings. The smallest absolute Gasteiger partial charge is 0.0345 e. The zero-order valence-corrected chi connectivity index (χ0v) is 7.15. The number of rotatable bonds is 2. The average Bonchev–Trinajstić information content (AvgIpc) is 1.85. The monoisotopic (exact) mass is 148 g/mol. The number of anilines is 1. The first-order chi connectivity index (χ1) is 5.22. The molecule has 1 radical (unpaired) electrons. The minimum absolute atomic E-state index is 0.739. The van der Waals surface area contributed by atoms with Crippen molar-refractivity contribution in [3.8, 4) is 0 Å². The fraction of sp³-hybridized carbons (Fsp3) is 0.300. The molecule has 0 heterocycles. The predicted molar refractivity (Wildman–Crippen MR) is 49.8 cm³/mol. The minimum atomic E-state index is 0.739. The Balaban J connectivity index is 2.89. The number of hydrogen-bond donors (Lipinski definition) is 1. The molecule has 0 unspecified atom stereocenters. The van der Waals surface area contributed by atoms with Gasteiger partial charge < -0.3 is 5.32 Å². The topological polar surface area (TPSA) is 12.0 Å². The summed E-state index contributed by atoms with van der Waals surface area (Å²) in [4.78, 5) is 0. The van der Waals surface area contributed by atoms with E-state index in [1.54, 1.807) is 0 Å². The van der Waals surface area contributed by atoms with Crippen LogP contribution in [-0.2, 0) is 0 Å². The highest BCUT2D eigenvalue weighted by atomic mass is 14.8. The van der Waals surface area contributed by atoms with Gasteiger partial charge in [0.15, 0.2) is 0 Å². The Bertz CT molecular complexity index is 220. The summed E-state index contributed by atoms with van der Waals surface area (Å²) < 4.78 is 0. The van der Waals surface area contributed by atoms with Gasteiger partial charge in [-0.05, 0) is 44.0 Å². The molecule has 0 saturated carbocycles. The van der Waals surface area contributed by atoms with E-state index in [2.05, 4.69) is 44.3 Å². The van der Waals surface area contributed by atoms with Crippen LogP contribution in [0.2, 0.25) is 0 Å². The molecule has 0 aromatic heterocycles. The van der Waals surface area contributed by atoms with Crippen LogP contribution in [0.4, 0.5) is 5.69 Å². The van der Waals surface area contributed by atoms with Crippen LogP contribution in [-0.4, -0.2) is 6.54 Å². The molecule has 0 aliphatic carbocycles. The van der Waals surface area contributed by atoms with Crippen LogP contribution in [0.3, 0.4) is 0 Å². The van der Waals surface area contributed by atoms with Crippen LogP contribution in [0.1, 0.15) is 11.1 Å². The summed E-state index contributed by atoms with van der Waals surface area (Å²) >= 11 is 0. The van der Waals surface area contributed by atoms with Crippen LogP contribution >= 0.6 is 0 Å². The Morgan fingerprint density at radius 1 is 1.18 bits per heavy atom. The summed E-state index contributed by atoms with van der Waals surface area (Å²) in [5, 5.41) is 3.18.